The summed E-state index contributed by atoms with van der Waals surface area (Å²) in [5.74, 6) is -0.373. The molecule has 0 aliphatic carbocycles. The molecule has 0 aliphatic rings. The zero-order valence-corrected chi connectivity index (χ0v) is 10.6. The van der Waals surface area contributed by atoms with Crippen LogP contribution in [0, 0.1) is 5.82 Å². The standard InChI is InChI=1S/C13H11F4NS/c14-11-4-3-9(7-18-8-13(15,16)17)6-10(11)12-2-1-5-19-12/h1-6,18H,7-8H2. The normalized spacial score (nSPS) is 11.8. The Hall–Kier alpha value is -1.40. The van der Waals surface area contributed by atoms with E-state index in [1.807, 2.05) is 5.38 Å². The van der Waals surface area contributed by atoms with E-state index >= 15 is 0 Å². The van der Waals surface area contributed by atoms with Gasteiger partial charge in [-0.3, -0.25) is 0 Å². The van der Waals surface area contributed by atoms with Crippen LogP contribution >= 0.6 is 11.3 Å². The average Bonchev–Trinajstić information content (AvgIpc) is 2.83. The minimum atomic E-state index is -4.24. The summed E-state index contributed by atoms with van der Waals surface area (Å²) in [6, 6.07) is 7.91. The van der Waals surface area contributed by atoms with Crippen molar-refractivity contribution in [1.29, 1.82) is 0 Å². The number of nitrogens with one attached hydrogen (secondary N) is 1. The van der Waals surface area contributed by atoms with Crippen molar-refractivity contribution in [3.05, 3.63) is 47.1 Å². The largest absolute Gasteiger partial charge is 0.401 e. The fourth-order valence-corrected chi connectivity index (χ4v) is 2.40. The molecule has 0 atom stereocenters. The first kappa shape index (κ1) is 14.0. The lowest BCUT2D eigenvalue weighted by Crippen LogP contribution is -2.28. The van der Waals surface area contributed by atoms with Crippen molar-refractivity contribution < 1.29 is 17.6 Å². The molecule has 6 heteroatoms. The molecule has 0 saturated carbocycles. The molecule has 0 radical (unpaired) electrons. The van der Waals surface area contributed by atoms with Gasteiger partial charge in [-0.25, -0.2) is 4.39 Å². The first-order chi connectivity index (χ1) is 8.96. The van der Waals surface area contributed by atoms with Gasteiger partial charge in [0, 0.05) is 17.0 Å². The Morgan fingerprint density at radius 3 is 2.58 bits per heavy atom. The summed E-state index contributed by atoms with van der Waals surface area (Å²) >= 11 is 1.39. The highest BCUT2D eigenvalue weighted by atomic mass is 32.1. The zero-order valence-electron chi connectivity index (χ0n) is 9.80. The van der Waals surface area contributed by atoms with E-state index in [9.17, 15) is 17.6 Å². The summed E-state index contributed by atoms with van der Waals surface area (Å²) < 4.78 is 49.7. The van der Waals surface area contributed by atoms with Gasteiger partial charge in [0.2, 0.25) is 0 Å². The van der Waals surface area contributed by atoms with Gasteiger partial charge in [0.1, 0.15) is 5.82 Å². The van der Waals surface area contributed by atoms with Crippen LogP contribution < -0.4 is 5.32 Å². The third-order valence-electron chi connectivity index (χ3n) is 2.47. The maximum atomic E-state index is 13.7. The highest BCUT2D eigenvalue weighted by molar-refractivity contribution is 7.13. The number of rotatable bonds is 4. The van der Waals surface area contributed by atoms with Crippen LogP contribution in [0.25, 0.3) is 10.4 Å². The van der Waals surface area contributed by atoms with Gasteiger partial charge in [-0.1, -0.05) is 12.1 Å². The molecule has 102 valence electrons. The molecular weight excluding hydrogens is 278 g/mol. The van der Waals surface area contributed by atoms with Crippen LogP contribution in [-0.2, 0) is 6.54 Å². The van der Waals surface area contributed by atoms with Crippen LogP contribution in [0.5, 0.6) is 0 Å². The van der Waals surface area contributed by atoms with Gasteiger partial charge < -0.3 is 5.32 Å². The summed E-state index contributed by atoms with van der Waals surface area (Å²) in [4.78, 5) is 0.759. The molecule has 1 heterocycles. The molecule has 0 bridgehead atoms. The molecule has 1 aromatic heterocycles. The molecule has 0 spiro atoms. The average molecular weight is 289 g/mol. The van der Waals surface area contributed by atoms with E-state index in [4.69, 9.17) is 0 Å². The third kappa shape index (κ3) is 4.04. The molecule has 2 aromatic rings. The summed E-state index contributed by atoms with van der Waals surface area (Å²) in [7, 11) is 0. The smallest absolute Gasteiger partial charge is 0.305 e. The van der Waals surface area contributed by atoms with Crippen molar-refractivity contribution >= 4 is 11.3 Å². The lowest BCUT2D eigenvalue weighted by molar-refractivity contribution is -0.125. The summed E-state index contributed by atoms with van der Waals surface area (Å²) in [5, 5.41) is 4.11. The number of hydrogen-bond donors (Lipinski definition) is 1. The van der Waals surface area contributed by atoms with Gasteiger partial charge in [0.15, 0.2) is 0 Å². The second-order valence-corrected chi connectivity index (χ2v) is 4.96. The fraction of sp³-hybridized carbons (Fsp3) is 0.231. The Labute approximate surface area is 111 Å². The Morgan fingerprint density at radius 2 is 1.95 bits per heavy atom. The number of benzene rings is 1. The Kier molecular flexibility index (Phi) is 4.21. The predicted molar refractivity (Wildman–Crippen MR) is 67.5 cm³/mol. The fourth-order valence-electron chi connectivity index (χ4n) is 1.65. The molecule has 19 heavy (non-hydrogen) atoms. The van der Waals surface area contributed by atoms with Gasteiger partial charge in [0.25, 0.3) is 0 Å². The number of hydrogen-bond acceptors (Lipinski definition) is 2. The number of halogens is 4. The molecule has 0 fully saturated rings. The second-order valence-electron chi connectivity index (χ2n) is 4.01. The first-order valence-electron chi connectivity index (χ1n) is 5.55. The topological polar surface area (TPSA) is 12.0 Å². The number of alkyl halides is 3. The van der Waals surface area contributed by atoms with E-state index in [2.05, 4.69) is 5.32 Å². The van der Waals surface area contributed by atoms with E-state index in [1.54, 1.807) is 18.2 Å². The molecule has 0 unspecified atom stereocenters. The minimum absolute atomic E-state index is 0.0537. The van der Waals surface area contributed by atoms with Crippen molar-refractivity contribution in [2.45, 2.75) is 12.7 Å². The third-order valence-corrected chi connectivity index (χ3v) is 3.38. The van der Waals surface area contributed by atoms with Crippen molar-refractivity contribution in [3.63, 3.8) is 0 Å². The van der Waals surface area contributed by atoms with E-state index in [0.29, 0.717) is 11.1 Å². The van der Waals surface area contributed by atoms with E-state index in [0.717, 1.165) is 4.88 Å². The SMILES string of the molecule is Fc1ccc(CNCC(F)(F)F)cc1-c1cccs1. The Balaban J connectivity index is 2.09. The highest BCUT2D eigenvalue weighted by Crippen LogP contribution is 2.28. The van der Waals surface area contributed by atoms with Crippen LogP contribution in [-0.4, -0.2) is 12.7 Å². The maximum Gasteiger partial charge on any atom is 0.401 e. The van der Waals surface area contributed by atoms with Gasteiger partial charge in [-0.05, 0) is 29.1 Å². The second kappa shape index (κ2) is 5.71. The van der Waals surface area contributed by atoms with E-state index < -0.39 is 12.7 Å². The van der Waals surface area contributed by atoms with Gasteiger partial charge >= 0.3 is 6.18 Å². The maximum absolute atomic E-state index is 13.7. The predicted octanol–water partition coefficient (Wildman–Crippen LogP) is 4.21. The summed E-state index contributed by atoms with van der Waals surface area (Å²) in [6.07, 6.45) is -4.24. The van der Waals surface area contributed by atoms with Crippen molar-refractivity contribution in [2.75, 3.05) is 6.54 Å². The van der Waals surface area contributed by atoms with Crippen molar-refractivity contribution in [2.24, 2.45) is 0 Å². The summed E-state index contributed by atoms with van der Waals surface area (Å²) in [5.41, 5.74) is 1.04. The molecule has 2 rings (SSSR count). The monoisotopic (exact) mass is 289 g/mol. The van der Waals surface area contributed by atoms with Crippen LogP contribution in [0.1, 0.15) is 5.56 Å². The Morgan fingerprint density at radius 1 is 1.16 bits per heavy atom. The lowest BCUT2D eigenvalue weighted by Gasteiger charge is -2.09. The molecule has 1 N–H and O–H groups in total. The van der Waals surface area contributed by atoms with Crippen LogP contribution in [0.3, 0.4) is 0 Å². The van der Waals surface area contributed by atoms with Crippen molar-refractivity contribution in [3.8, 4) is 10.4 Å². The molecule has 1 nitrogen and oxygen atoms in total. The molecule has 1 aromatic carbocycles. The molecule has 0 saturated heterocycles. The van der Waals surface area contributed by atoms with Crippen LogP contribution in [0.2, 0.25) is 0 Å². The number of thiophene rings is 1. The van der Waals surface area contributed by atoms with E-state index in [-0.39, 0.29) is 12.4 Å². The van der Waals surface area contributed by atoms with E-state index in [1.165, 1.54) is 23.5 Å². The summed E-state index contributed by atoms with van der Waals surface area (Å²) in [6.45, 7) is -1.00. The quantitative estimate of drug-likeness (QED) is 0.832. The van der Waals surface area contributed by atoms with Crippen LogP contribution in [0.4, 0.5) is 17.6 Å². The van der Waals surface area contributed by atoms with Gasteiger partial charge in [0.05, 0.1) is 6.54 Å². The van der Waals surface area contributed by atoms with Crippen LogP contribution in [0.15, 0.2) is 35.7 Å². The van der Waals surface area contributed by atoms with Crippen molar-refractivity contribution in [1.82, 2.24) is 5.32 Å². The lowest BCUT2D eigenvalue weighted by atomic mass is 10.1. The van der Waals surface area contributed by atoms with Gasteiger partial charge in [-0.15, -0.1) is 11.3 Å². The molecule has 0 amide bonds. The van der Waals surface area contributed by atoms with Gasteiger partial charge in [-0.2, -0.15) is 13.2 Å². The zero-order chi connectivity index (χ0) is 13.9. The minimum Gasteiger partial charge on any atom is -0.305 e. The molecule has 0 aliphatic heterocycles. The highest BCUT2D eigenvalue weighted by Gasteiger charge is 2.26. The first-order valence-corrected chi connectivity index (χ1v) is 6.43. The molecular formula is C13H11F4NS. The Bertz CT molecular complexity index is 534.